The number of cyclic esters (lactones) is 1. The van der Waals surface area contributed by atoms with Gasteiger partial charge in [0.05, 0.1) is 20.7 Å². The smallest absolute Gasteiger partial charge is 0.350 e. The van der Waals surface area contributed by atoms with Gasteiger partial charge in [0.15, 0.2) is 0 Å². The fraction of sp³-hybridized carbons (Fsp3) is 0.833. The molecule has 98 valence electrons. The quantitative estimate of drug-likeness (QED) is 0.573. The highest BCUT2D eigenvalue weighted by molar-refractivity contribution is 6.81. The Morgan fingerprint density at radius 1 is 1.47 bits per heavy atom. The Balaban J connectivity index is 3.08. The monoisotopic (exact) mass is 258 g/mol. The largest absolute Gasteiger partial charge is 0.466 e. The van der Waals surface area contributed by atoms with E-state index in [4.69, 9.17) is 9.47 Å². The van der Waals surface area contributed by atoms with Gasteiger partial charge in [-0.15, -0.1) is 0 Å². The summed E-state index contributed by atoms with van der Waals surface area (Å²) in [7, 11) is -0.448. The van der Waals surface area contributed by atoms with Crippen LogP contribution in [-0.4, -0.2) is 32.7 Å². The first-order valence-electron chi connectivity index (χ1n) is 5.96. The molecule has 4 nitrogen and oxygen atoms in total. The topological polar surface area (TPSA) is 52.6 Å². The summed E-state index contributed by atoms with van der Waals surface area (Å²) < 4.78 is 10.1. The van der Waals surface area contributed by atoms with Gasteiger partial charge in [-0.05, 0) is 5.92 Å². The average molecular weight is 258 g/mol. The fourth-order valence-electron chi connectivity index (χ4n) is 2.66. The van der Waals surface area contributed by atoms with Crippen molar-refractivity contribution in [3.8, 4) is 0 Å². The van der Waals surface area contributed by atoms with Gasteiger partial charge in [-0.3, -0.25) is 4.79 Å². The van der Waals surface area contributed by atoms with Crippen molar-refractivity contribution < 1.29 is 19.1 Å². The van der Waals surface area contributed by atoms with Gasteiger partial charge in [-0.1, -0.05) is 33.5 Å². The number of methoxy groups -OCH3 is 1. The van der Waals surface area contributed by atoms with Gasteiger partial charge in [0.1, 0.15) is 0 Å². The Labute approximate surface area is 104 Å². The number of hydrogen-bond acceptors (Lipinski definition) is 4. The van der Waals surface area contributed by atoms with Crippen LogP contribution in [0.5, 0.6) is 0 Å². The number of esters is 2. The molecule has 5 heteroatoms. The molecule has 0 aromatic rings. The Morgan fingerprint density at radius 2 is 2.00 bits per heavy atom. The van der Waals surface area contributed by atoms with Crippen molar-refractivity contribution in [2.24, 2.45) is 5.92 Å². The van der Waals surface area contributed by atoms with Gasteiger partial charge < -0.3 is 9.47 Å². The molecule has 1 aliphatic rings. The van der Waals surface area contributed by atoms with E-state index in [1.54, 1.807) is 0 Å². The molecule has 1 saturated heterocycles. The van der Waals surface area contributed by atoms with E-state index in [1.165, 1.54) is 7.11 Å². The van der Waals surface area contributed by atoms with Gasteiger partial charge in [-0.2, -0.15) is 0 Å². The summed E-state index contributed by atoms with van der Waals surface area (Å²) in [5.74, 6) is -0.366. The third-order valence-corrected chi connectivity index (χ3v) is 5.53. The predicted octanol–water partition coefficient (Wildman–Crippen LogP) is 2.21. The summed E-state index contributed by atoms with van der Waals surface area (Å²) in [6.07, 6.45) is 0.542. The van der Waals surface area contributed by atoms with Crippen molar-refractivity contribution in [3.63, 3.8) is 0 Å². The van der Waals surface area contributed by atoms with Crippen molar-refractivity contribution in [2.75, 3.05) is 7.11 Å². The van der Waals surface area contributed by atoms with Gasteiger partial charge in [0.25, 0.3) is 0 Å². The third-order valence-electron chi connectivity index (χ3n) is 3.09. The van der Waals surface area contributed by atoms with E-state index in [0.717, 1.165) is 0 Å². The van der Waals surface area contributed by atoms with Crippen LogP contribution in [-0.2, 0) is 19.1 Å². The van der Waals surface area contributed by atoms with Crippen LogP contribution in [0.15, 0.2) is 0 Å². The molecule has 0 aromatic heterocycles. The second-order valence-corrected chi connectivity index (χ2v) is 11.5. The van der Waals surface area contributed by atoms with Crippen molar-refractivity contribution in [3.05, 3.63) is 0 Å². The Kier molecular flexibility index (Phi) is 3.71. The van der Waals surface area contributed by atoms with E-state index >= 15 is 0 Å². The molecule has 0 spiro atoms. The molecule has 17 heavy (non-hydrogen) atoms. The highest BCUT2D eigenvalue weighted by atomic mass is 28.3. The zero-order valence-electron chi connectivity index (χ0n) is 11.5. The predicted molar refractivity (Wildman–Crippen MR) is 67.4 cm³/mol. The van der Waals surface area contributed by atoms with E-state index in [2.05, 4.69) is 19.6 Å². The van der Waals surface area contributed by atoms with Crippen LogP contribution < -0.4 is 0 Å². The van der Waals surface area contributed by atoms with Crippen LogP contribution in [0.3, 0.4) is 0 Å². The molecule has 0 amide bonds. The fourth-order valence-corrected chi connectivity index (χ4v) is 5.12. The Morgan fingerprint density at radius 3 is 2.29 bits per heavy atom. The van der Waals surface area contributed by atoms with Gasteiger partial charge in [-0.25, -0.2) is 4.79 Å². The lowest BCUT2D eigenvalue weighted by molar-refractivity contribution is -0.209. The van der Waals surface area contributed by atoms with Gasteiger partial charge >= 0.3 is 11.9 Å². The van der Waals surface area contributed by atoms with Crippen LogP contribution in [0.1, 0.15) is 20.3 Å². The van der Waals surface area contributed by atoms with Crippen molar-refractivity contribution in [2.45, 2.75) is 51.1 Å². The summed E-state index contributed by atoms with van der Waals surface area (Å²) in [6.45, 7) is 10.3. The number of rotatable bonds is 4. The van der Waals surface area contributed by atoms with Crippen molar-refractivity contribution >= 4 is 20.0 Å². The number of hydrogen-bond donors (Lipinski definition) is 0. The molecule has 0 radical (unpaired) electrons. The van der Waals surface area contributed by atoms with E-state index in [1.807, 2.05) is 13.8 Å². The van der Waals surface area contributed by atoms with Gasteiger partial charge in [0.2, 0.25) is 5.60 Å². The molecule has 1 unspecified atom stereocenters. The standard InChI is InChI=1S/C12H22O4Si/c1-8(2)7-12(11(14)15-3)9(10(13)16-12)17(4,5)6/h8-9H,7H2,1-6H3/t9?,12-/m0/s1. The first-order valence-corrected chi connectivity index (χ1v) is 9.54. The van der Waals surface area contributed by atoms with Crippen LogP contribution >= 0.6 is 0 Å². The molecule has 2 atom stereocenters. The zero-order chi connectivity index (χ0) is 13.4. The molecule has 0 N–H and O–H groups in total. The first kappa shape index (κ1) is 14.2. The molecule has 0 saturated carbocycles. The molecular weight excluding hydrogens is 236 g/mol. The lowest BCUT2D eigenvalue weighted by Gasteiger charge is -2.50. The highest BCUT2D eigenvalue weighted by Crippen LogP contribution is 2.50. The summed E-state index contributed by atoms with van der Waals surface area (Å²) >= 11 is 0. The summed E-state index contributed by atoms with van der Waals surface area (Å²) in [5, 5.41) is 0. The minimum Gasteiger partial charge on any atom is -0.466 e. The van der Waals surface area contributed by atoms with Crippen LogP contribution in [0.2, 0.25) is 25.2 Å². The SMILES string of the molecule is COC(=O)[C@@]1(CC(C)C)OC(=O)C1[Si](C)(C)C. The summed E-state index contributed by atoms with van der Waals surface area (Å²) in [5.41, 5.74) is -1.31. The number of ether oxygens (including phenoxy) is 2. The van der Waals surface area contributed by atoms with Crippen LogP contribution in [0, 0.1) is 5.92 Å². The minimum atomic E-state index is -1.79. The maximum Gasteiger partial charge on any atom is 0.350 e. The second kappa shape index (κ2) is 4.44. The molecule has 0 aliphatic carbocycles. The number of carbonyl (C=O) groups is 2. The molecule has 1 aliphatic heterocycles. The molecular formula is C12H22O4Si. The first-order chi connectivity index (χ1) is 7.65. The van der Waals surface area contributed by atoms with Gasteiger partial charge in [0, 0.05) is 6.42 Å². The summed E-state index contributed by atoms with van der Waals surface area (Å²) in [4.78, 5) is 23.7. The molecule has 1 fully saturated rings. The highest BCUT2D eigenvalue weighted by Gasteiger charge is 2.66. The number of carbonyl (C=O) groups excluding carboxylic acids is 2. The zero-order valence-corrected chi connectivity index (χ0v) is 12.5. The minimum absolute atomic E-state index is 0.241. The lowest BCUT2D eigenvalue weighted by atomic mass is 9.84. The van der Waals surface area contributed by atoms with Crippen LogP contribution in [0.4, 0.5) is 0 Å². The van der Waals surface area contributed by atoms with Crippen molar-refractivity contribution in [1.82, 2.24) is 0 Å². The van der Waals surface area contributed by atoms with E-state index in [-0.39, 0.29) is 17.4 Å². The second-order valence-electron chi connectivity index (χ2n) is 6.20. The summed E-state index contributed by atoms with van der Waals surface area (Å²) in [6, 6.07) is 0. The van der Waals surface area contributed by atoms with E-state index in [9.17, 15) is 9.59 Å². The Hall–Kier alpha value is -0.843. The molecule has 1 heterocycles. The van der Waals surface area contributed by atoms with Crippen molar-refractivity contribution in [1.29, 1.82) is 0 Å². The Bertz CT molecular complexity index is 332. The lowest BCUT2D eigenvalue weighted by Crippen LogP contribution is -2.66. The van der Waals surface area contributed by atoms with E-state index in [0.29, 0.717) is 6.42 Å². The molecule has 0 bridgehead atoms. The average Bonchev–Trinajstić information content (AvgIpc) is 2.10. The molecule has 1 rings (SSSR count). The maximum absolute atomic E-state index is 12.0. The maximum atomic E-state index is 12.0. The van der Waals surface area contributed by atoms with E-state index < -0.39 is 19.6 Å². The van der Waals surface area contributed by atoms with Crippen LogP contribution in [0.25, 0.3) is 0 Å². The molecule has 0 aromatic carbocycles. The normalized spacial score (nSPS) is 28.6. The third kappa shape index (κ3) is 2.39.